The molecule has 1 aliphatic heterocycles. The lowest BCUT2D eigenvalue weighted by molar-refractivity contribution is -0.138. The maximum atomic E-state index is 13.5. The van der Waals surface area contributed by atoms with E-state index in [1.807, 2.05) is 23.8 Å². The van der Waals surface area contributed by atoms with Gasteiger partial charge in [-0.15, -0.1) is 5.10 Å². The van der Waals surface area contributed by atoms with Crippen LogP contribution in [0.4, 0.5) is 13.2 Å². The Morgan fingerprint density at radius 2 is 1.91 bits per heavy atom. The van der Waals surface area contributed by atoms with Gasteiger partial charge in [-0.05, 0) is 43.0 Å². The van der Waals surface area contributed by atoms with Crippen molar-refractivity contribution in [1.82, 2.24) is 29.3 Å². The van der Waals surface area contributed by atoms with Gasteiger partial charge in [0.1, 0.15) is 17.2 Å². The van der Waals surface area contributed by atoms with Gasteiger partial charge in [0.2, 0.25) is 5.88 Å². The lowest BCUT2D eigenvalue weighted by atomic mass is 9.87. The summed E-state index contributed by atoms with van der Waals surface area (Å²) in [6.45, 7) is 2.38. The average molecular weight is 454 g/mol. The summed E-state index contributed by atoms with van der Waals surface area (Å²) in [5.41, 5.74) is 1.85. The van der Waals surface area contributed by atoms with Crippen molar-refractivity contribution in [3.8, 4) is 23.1 Å². The Bertz CT molecular complexity index is 1310. The number of alkyl halides is 3. The van der Waals surface area contributed by atoms with E-state index in [0.29, 0.717) is 48.2 Å². The summed E-state index contributed by atoms with van der Waals surface area (Å²) >= 11 is 0. The third kappa shape index (κ3) is 3.96. The number of aryl methyl sites for hydroxylation is 2. The molecule has 1 aromatic carbocycles. The second-order valence-electron chi connectivity index (χ2n) is 8.00. The summed E-state index contributed by atoms with van der Waals surface area (Å²) in [5.74, 6) is 1.19. The Morgan fingerprint density at radius 3 is 2.64 bits per heavy atom. The average Bonchev–Trinajstić information content (AvgIpc) is 3.43. The molecule has 1 atom stereocenters. The maximum absolute atomic E-state index is 13.5. The lowest BCUT2D eigenvalue weighted by Gasteiger charge is -2.25. The summed E-state index contributed by atoms with van der Waals surface area (Å²) < 4.78 is 49.5. The summed E-state index contributed by atoms with van der Waals surface area (Å²) in [6.07, 6.45) is 0.0951. The van der Waals surface area contributed by atoms with Crippen molar-refractivity contribution in [1.29, 1.82) is 0 Å². The topological polar surface area (TPSA) is 70.7 Å². The van der Waals surface area contributed by atoms with E-state index < -0.39 is 11.7 Å². The van der Waals surface area contributed by atoms with Crippen LogP contribution in [0.2, 0.25) is 0 Å². The number of hydrogen-bond acceptors (Lipinski definition) is 5. The molecule has 5 rings (SSSR count). The highest BCUT2D eigenvalue weighted by Crippen LogP contribution is 2.39. The minimum Gasteiger partial charge on any atom is -0.479 e. The van der Waals surface area contributed by atoms with Crippen LogP contribution in [-0.2, 0) is 19.1 Å². The van der Waals surface area contributed by atoms with Gasteiger partial charge >= 0.3 is 6.18 Å². The molecule has 0 radical (unpaired) electrons. The van der Waals surface area contributed by atoms with Crippen LogP contribution in [0.1, 0.15) is 35.0 Å². The molecule has 0 bridgehead atoms. The van der Waals surface area contributed by atoms with Gasteiger partial charge in [-0.3, -0.25) is 0 Å². The third-order valence-electron chi connectivity index (χ3n) is 5.83. The lowest BCUT2D eigenvalue weighted by Crippen LogP contribution is -2.21. The number of hydrogen-bond donors (Lipinski definition) is 0. The van der Waals surface area contributed by atoms with E-state index in [1.165, 1.54) is 13.2 Å². The number of imidazole rings is 1. The molecule has 0 fully saturated rings. The minimum absolute atomic E-state index is 0.276. The first-order valence-electron chi connectivity index (χ1n) is 10.5. The maximum Gasteiger partial charge on any atom is 0.416 e. The number of pyridine rings is 1. The highest BCUT2D eigenvalue weighted by Gasteiger charge is 2.36. The van der Waals surface area contributed by atoms with Gasteiger partial charge in [0.25, 0.3) is 0 Å². The molecule has 1 unspecified atom stereocenters. The zero-order chi connectivity index (χ0) is 23.2. The number of rotatable bonds is 4. The van der Waals surface area contributed by atoms with Crippen molar-refractivity contribution in [2.75, 3.05) is 7.11 Å². The van der Waals surface area contributed by atoms with Gasteiger partial charge in [-0.1, -0.05) is 18.2 Å². The first kappa shape index (κ1) is 21.2. The summed E-state index contributed by atoms with van der Waals surface area (Å²) in [7, 11) is 1.54. The fourth-order valence-corrected chi connectivity index (χ4v) is 4.25. The van der Waals surface area contributed by atoms with Gasteiger partial charge in [0.05, 0.1) is 24.7 Å². The molecule has 33 heavy (non-hydrogen) atoms. The van der Waals surface area contributed by atoms with E-state index >= 15 is 0 Å². The van der Waals surface area contributed by atoms with Crippen molar-refractivity contribution in [3.63, 3.8) is 0 Å². The van der Waals surface area contributed by atoms with E-state index in [0.717, 1.165) is 17.4 Å². The minimum atomic E-state index is -4.39. The second kappa shape index (κ2) is 8.02. The SMILES string of the molecule is COc1nc(-c2nc3n(n2)CCC(c2ccccc2C(F)(F)F)C3)ccc1-n1cnc(C)c1. The van der Waals surface area contributed by atoms with Crippen LogP contribution < -0.4 is 4.74 Å². The number of aromatic nitrogens is 6. The molecule has 7 nitrogen and oxygen atoms in total. The van der Waals surface area contributed by atoms with E-state index in [2.05, 4.69) is 20.1 Å². The monoisotopic (exact) mass is 454 g/mol. The van der Waals surface area contributed by atoms with Crippen LogP contribution >= 0.6 is 0 Å². The van der Waals surface area contributed by atoms with Crippen LogP contribution in [0, 0.1) is 6.92 Å². The zero-order valence-electron chi connectivity index (χ0n) is 18.0. The van der Waals surface area contributed by atoms with Crippen LogP contribution in [0.5, 0.6) is 5.88 Å². The van der Waals surface area contributed by atoms with Crippen LogP contribution in [0.15, 0.2) is 48.9 Å². The summed E-state index contributed by atoms with van der Waals surface area (Å²) in [4.78, 5) is 13.4. The molecule has 0 spiro atoms. The molecule has 4 heterocycles. The molecule has 0 aliphatic carbocycles. The summed E-state index contributed by atoms with van der Waals surface area (Å²) in [6, 6.07) is 9.41. The Kier molecular flexibility index (Phi) is 5.15. The molecule has 170 valence electrons. The molecule has 4 aromatic rings. The van der Waals surface area contributed by atoms with E-state index in [1.54, 1.807) is 29.2 Å². The smallest absolute Gasteiger partial charge is 0.416 e. The van der Waals surface area contributed by atoms with Gasteiger partial charge in [-0.2, -0.15) is 13.2 Å². The number of nitrogens with zero attached hydrogens (tertiary/aromatic N) is 6. The second-order valence-corrected chi connectivity index (χ2v) is 8.00. The molecule has 3 aromatic heterocycles. The van der Waals surface area contributed by atoms with Crippen molar-refractivity contribution >= 4 is 0 Å². The molecule has 10 heteroatoms. The molecule has 0 saturated heterocycles. The summed E-state index contributed by atoms with van der Waals surface area (Å²) in [5, 5.41) is 4.55. The van der Waals surface area contributed by atoms with Gasteiger partial charge in [0, 0.05) is 19.2 Å². The number of fused-ring (bicyclic) bond motifs is 1. The third-order valence-corrected chi connectivity index (χ3v) is 5.83. The number of ether oxygens (including phenoxy) is 1. The molecule has 0 saturated carbocycles. The van der Waals surface area contributed by atoms with Gasteiger partial charge in [-0.25, -0.2) is 19.6 Å². The predicted octanol–water partition coefficient (Wildman–Crippen LogP) is 4.59. The standard InChI is InChI=1S/C23H21F3N6O/c1-14-12-31(13-27-14)19-8-7-18(28-22(19)33-2)21-29-20-11-15(9-10-32(20)30-21)16-5-3-4-6-17(16)23(24,25)26/h3-8,12-13,15H,9-11H2,1-2H3. The number of benzene rings is 1. The van der Waals surface area contributed by atoms with Crippen molar-refractivity contribution < 1.29 is 17.9 Å². The molecule has 0 N–H and O–H groups in total. The van der Waals surface area contributed by atoms with E-state index in [4.69, 9.17) is 4.74 Å². The number of methoxy groups -OCH3 is 1. The van der Waals surface area contributed by atoms with Crippen LogP contribution in [0.3, 0.4) is 0 Å². The Morgan fingerprint density at radius 1 is 1.09 bits per heavy atom. The predicted molar refractivity (Wildman–Crippen MR) is 114 cm³/mol. The normalized spacial score (nSPS) is 16.0. The van der Waals surface area contributed by atoms with Crippen LogP contribution in [0.25, 0.3) is 17.2 Å². The van der Waals surface area contributed by atoms with Crippen molar-refractivity contribution in [2.24, 2.45) is 0 Å². The molecular formula is C23H21F3N6O. The quantitative estimate of drug-likeness (QED) is 0.451. The highest BCUT2D eigenvalue weighted by molar-refractivity contribution is 5.55. The van der Waals surface area contributed by atoms with Crippen LogP contribution in [-0.4, -0.2) is 36.4 Å². The highest BCUT2D eigenvalue weighted by atomic mass is 19.4. The van der Waals surface area contributed by atoms with Gasteiger partial charge in [0.15, 0.2) is 5.82 Å². The Hall–Kier alpha value is -3.69. The van der Waals surface area contributed by atoms with Crippen molar-refractivity contribution in [3.05, 3.63) is 71.6 Å². The van der Waals surface area contributed by atoms with Gasteiger partial charge < -0.3 is 9.30 Å². The first-order valence-corrected chi connectivity index (χ1v) is 10.5. The zero-order valence-corrected chi connectivity index (χ0v) is 18.0. The molecular weight excluding hydrogens is 433 g/mol. The number of halogens is 3. The Labute approximate surface area is 187 Å². The largest absolute Gasteiger partial charge is 0.479 e. The molecule has 0 amide bonds. The Balaban J connectivity index is 1.44. The fourth-order valence-electron chi connectivity index (χ4n) is 4.25. The first-order chi connectivity index (χ1) is 15.8. The van der Waals surface area contributed by atoms with E-state index in [9.17, 15) is 13.2 Å². The fraction of sp³-hybridized carbons (Fsp3) is 0.304. The molecule has 1 aliphatic rings. The van der Waals surface area contributed by atoms with E-state index in [-0.39, 0.29) is 5.92 Å². The van der Waals surface area contributed by atoms with Crippen molar-refractivity contribution in [2.45, 2.75) is 38.4 Å².